The second kappa shape index (κ2) is 5.93. The largest absolute Gasteiger partial charge is 0.491 e. The van der Waals surface area contributed by atoms with Gasteiger partial charge < -0.3 is 15.2 Å². The molecule has 3 heteroatoms. The van der Waals surface area contributed by atoms with Crippen LogP contribution in [0.3, 0.4) is 0 Å². The average Bonchev–Trinajstić information content (AvgIpc) is 3.19. The fourth-order valence-electron chi connectivity index (χ4n) is 1.65. The van der Waals surface area contributed by atoms with Crippen molar-refractivity contribution in [2.75, 3.05) is 6.61 Å². The maximum atomic E-state index is 10.1. The second-order valence-electron chi connectivity index (χ2n) is 6.10. The van der Waals surface area contributed by atoms with Crippen molar-refractivity contribution in [3.8, 4) is 5.75 Å². The highest BCUT2D eigenvalue weighted by atomic mass is 16.5. The van der Waals surface area contributed by atoms with Gasteiger partial charge in [-0.1, -0.05) is 26.0 Å². The van der Waals surface area contributed by atoms with Crippen LogP contribution in [0.1, 0.15) is 39.2 Å². The number of nitrogens with one attached hydrogen (secondary N) is 1. The van der Waals surface area contributed by atoms with Gasteiger partial charge in [-0.25, -0.2) is 0 Å². The van der Waals surface area contributed by atoms with Crippen molar-refractivity contribution in [3.63, 3.8) is 0 Å². The van der Waals surface area contributed by atoms with Gasteiger partial charge in [0.15, 0.2) is 0 Å². The molecule has 1 aromatic carbocycles. The molecule has 1 atom stereocenters. The molecule has 0 heterocycles. The molecule has 2 rings (SSSR count). The van der Waals surface area contributed by atoms with Gasteiger partial charge in [-0.3, -0.25) is 0 Å². The summed E-state index contributed by atoms with van der Waals surface area (Å²) in [7, 11) is 0. The van der Waals surface area contributed by atoms with Gasteiger partial charge in [0.25, 0.3) is 0 Å². The first-order valence-corrected chi connectivity index (χ1v) is 7.15. The van der Waals surface area contributed by atoms with Gasteiger partial charge in [0.2, 0.25) is 0 Å². The lowest BCUT2D eigenvalue weighted by molar-refractivity contribution is -0.0266. The van der Waals surface area contributed by atoms with E-state index in [-0.39, 0.29) is 5.92 Å². The van der Waals surface area contributed by atoms with Gasteiger partial charge >= 0.3 is 0 Å². The van der Waals surface area contributed by atoms with Gasteiger partial charge in [-0.05, 0) is 43.4 Å². The van der Waals surface area contributed by atoms with Gasteiger partial charge in [0.05, 0.1) is 5.60 Å². The third kappa shape index (κ3) is 4.51. The fourth-order valence-corrected chi connectivity index (χ4v) is 1.65. The number of rotatable bonds is 7. The molecule has 0 bridgehead atoms. The maximum absolute atomic E-state index is 10.1. The smallest absolute Gasteiger partial charge is 0.119 e. The Hall–Kier alpha value is -1.06. The Labute approximate surface area is 116 Å². The number of aliphatic hydroxyl groups is 1. The van der Waals surface area contributed by atoms with Gasteiger partial charge in [-0.15, -0.1) is 0 Å². The first kappa shape index (κ1) is 14.4. The van der Waals surface area contributed by atoms with Crippen molar-refractivity contribution in [2.24, 2.45) is 5.92 Å². The molecule has 3 nitrogen and oxygen atoms in total. The lowest BCUT2D eigenvalue weighted by Crippen LogP contribution is -2.37. The minimum absolute atomic E-state index is 0.175. The van der Waals surface area contributed by atoms with E-state index in [1.807, 2.05) is 32.9 Å². The van der Waals surface area contributed by atoms with Crippen molar-refractivity contribution in [1.82, 2.24) is 5.32 Å². The van der Waals surface area contributed by atoms with E-state index in [2.05, 4.69) is 17.4 Å². The van der Waals surface area contributed by atoms with E-state index in [9.17, 15) is 5.11 Å². The summed E-state index contributed by atoms with van der Waals surface area (Å²) in [6, 6.07) is 8.83. The monoisotopic (exact) mass is 263 g/mol. The predicted octanol–water partition coefficient (Wildman–Crippen LogP) is 2.72. The van der Waals surface area contributed by atoms with Crippen LogP contribution in [0, 0.1) is 5.92 Å². The third-order valence-electron chi connectivity index (χ3n) is 3.87. The summed E-state index contributed by atoms with van der Waals surface area (Å²) < 4.78 is 5.65. The quantitative estimate of drug-likeness (QED) is 0.795. The maximum Gasteiger partial charge on any atom is 0.119 e. The summed E-state index contributed by atoms with van der Waals surface area (Å²) in [5.74, 6) is 0.991. The normalized spacial score (nSPS) is 18.4. The molecule has 0 spiro atoms. The highest BCUT2D eigenvalue weighted by molar-refractivity contribution is 5.27. The zero-order valence-corrected chi connectivity index (χ0v) is 12.1. The van der Waals surface area contributed by atoms with E-state index >= 15 is 0 Å². The van der Waals surface area contributed by atoms with Gasteiger partial charge in [-0.2, -0.15) is 0 Å². The van der Waals surface area contributed by atoms with Crippen LogP contribution in [-0.2, 0) is 6.54 Å². The lowest BCUT2D eigenvalue weighted by atomic mass is 9.94. The van der Waals surface area contributed by atoms with Crippen LogP contribution in [0.15, 0.2) is 24.3 Å². The fraction of sp³-hybridized carbons (Fsp3) is 0.625. The average molecular weight is 263 g/mol. The van der Waals surface area contributed by atoms with Crippen LogP contribution in [0.4, 0.5) is 0 Å². The zero-order valence-electron chi connectivity index (χ0n) is 12.1. The Kier molecular flexibility index (Phi) is 4.48. The molecule has 1 aliphatic rings. The zero-order chi connectivity index (χ0) is 13.9. The molecular weight excluding hydrogens is 238 g/mol. The minimum Gasteiger partial charge on any atom is -0.491 e. The molecule has 0 aliphatic heterocycles. The van der Waals surface area contributed by atoms with Gasteiger partial charge in [0, 0.05) is 12.6 Å². The highest BCUT2D eigenvalue weighted by Gasteiger charge is 2.25. The number of hydrogen-bond donors (Lipinski definition) is 2. The molecule has 0 amide bonds. The molecule has 1 aromatic rings. The standard InChI is InChI=1S/C16H25NO2/c1-12(2)16(3,18)11-19-15-8-4-13(5-9-15)10-17-14-6-7-14/h4-5,8-9,12,14,17-18H,6-7,10-11H2,1-3H3. The molecule has 1 saturated carbocycles. The number of benzene rings is 1. The van der Waals surface area contributed by atoms with Crippen molar-refractivity contribution >= 4 is 0 Å². The molecule has 2 N–H and O–H groups in total. The molecule has 1 aliphatic carbocycles. The van der Waals surface area contributed by atoms with Crippen molar-refractivity contribution < 1.29 is 9.84 Å². The van der Waals surface area contributed by atoms with Crippen molar-refractivity contribution in [1.29, 1.82) is 0 Å². The summed E-state index contributed by atoms with van der Waals surface area (Å²) >= 11 is 0. The van der Waals surface area contributed by atoms with E-state index in [4.69, 9.17) is 4.74 Å². The molecule has 1 fully saturated rings. The summed E-state index contributed by atoms with van der Waals surface area (Å²) in [6.07, 6.45) is 2.62. The first-order chi connectivity index (χ1) is 8.97. The van der Waals surface area contributed by atoms with E-state index < -0.39 is 5.60 Å². The predicted molar refractivity (Wildman–Crippen MR) is 77.3 cm³/mol. The van der Waals surface area contributed by atoms with E-state index in [0.29, 0.717) is 6.61 Å². The van der Waals surface area contributed by atoms with Crippen molar-refractivity contribution in [2.45, 2.75) is 51.8 Å². The van der Waals surface area contributed by atoms with Crippen LogP contribution >= 0.6 is 0 Å². The molecule has 0 radical (unpaired) electrons. The van der Waals surface area contributed by atoms with E-state index in [1.54, 1.807) is 0 Å². The van der Waals surface area contributed by atoms with Crippen LogP contribution < -0.4 is 10.1 Å². The summed E-state index contributed by atoms with van der Waals surface area (Å²) in [6.45, 7) is 7.05. The Morgan fingerprint density at radius 3 is 2.47 bits per heavy atom. The highest BCUT2D eigenvalue weighted by Crippen LogP contribution is 2.21. The lowest BCUT2D eigenvalue weighted by Gasteiger charge is -2.27. The van der Waals surface area contributed by atoms with E-state index in [1.165, 1.54) is 18.4 Å². The van der Waals surface area contributed by atoms with Crippen LogP contribution in [0.25, 0.3) is 0 Å². The number of hydrogen-bond acceptors (Lipinski definition) is 3. The van der Waals surface area contributed by atoms with Crippen LogP contribution in [0.5, 0.6) is 5.75 Å². The molecule has 19 heavy (non-hydrogen) atoms. The van der Waals surface area contributed by atoms with E-state index in [0.717, 1.165) is 18.3 Å². The van der Waals surface area contributed by atoms with Crippen molar-refractivity contribution in [3.05, 3.63) is 29.8 Å². The molecular formula is C16H25NO2. The number of ether oxygens (including phenoxy) is 1. The van der Waals surface area contributed by atoms with Crippen LogP contribution in [-0.4, -0.2) is 23.4 Å². The molecule has 0 saturated heterocycles. The Morgan fingerprint density at radius 1 is 1.32 bits per heavy atom. The SMILES string of the molecule is CC(C)C(C)(O)COc1ccc(CNC2CC2)cc1. The summed E-state index contributed by atoms with van der Waals surface area (Å²) in [5.41, 5.74) is 0.488. The first-order valence-electron chi connectivity index (χ1n) is 7.15. The molecule has 0 aromatic heterocycles. The Balaban J connectivity index is 1.80. The van der Waals surface area contributed by atoms with Crippen LogP contribution in [0.2, 0.25) is 0 Å². The Bertz CT molecular complexity index is 394. The topological polar surface area (TPSA) is 41.5 Å². The molecule has 1 unspecified atom stereocenters. The van der Waals surface area contributed by atoms with Gasteiger partial charge in [0.1, 0.15) is 12.4 Å². The minimum atomic E-state index is -0.786. The summed E-state index contributed by atoms with van der Waals surface area (Å²) in [4.78, 5) is 0. The second-order valence-corrected chi connectivity index (χ2v) is 6.10. The third-order valence-corrected chi connectivity index (χ3v) is 3.87. The summed E-state index contributed by atoms with van der Waals surface area (Å²) in [5, 5.41) is 13.6. The molecule has 106 valence electrons. The Morgan fingerprint density at radius 2 is 1.95 bits per heavy atom.